The predicted octanol–water partition coefficient (Wildman–Crippen LogP) is 3.36. The highest BCUT2D eigenvalue weighted by atomic mass is 19.1. The van der Waals surface area contributed by atoms with Crippen molar-refractivity contribution in [2.45, 2.75) is 13.5 Å². The first-order valence-corrected chi connectivity index (χ1v) is 9.00. The lowest BCUT2D eigenvalue weighted by Gasteiger charge is -2.14. The Morgan fingerprint density at radius 2 is 1.90 bits per heavy atom. The molecule has 8 heteroatoms. The lowest BCUT2D eigenvalue weighted by molar-refractivity contribution is -0.151. The zero-order valence-corrected chi connectivity index (χ0v) is 15.9. The molecular formula is C22H17F2NO5. The van der Waals surface area contributed by atoms with E-state index in [9.17, 15) is 28.3 Å². The number of aliphatic hydroxyl groups excluding tert-OH is 1. The van der Waals surface area contributed by atoms with Crippen LogP contribution in [0.5, 0.6) is 0 Å². The summed E-state index contributed by atoms with van der Waals surface area (Å²) in [6, 6.07) is 9.39. The highest BCUT2D eigenvalue weighted by Gasteiger charge is 2.18. The van der Waals surface area contributed by atoms with Crippen LogP contribution in [-0.4, -0.2) is 28.0 Å². The number of hydrogen-bond donors (Lipinski definition) is 1. The predicted molar refractivity (Wildman–Crippen MR) is 106 cm³/mol. The van der Waals surface area contributed by atoms with Crippen molar-refractivity contribution < 1.29 is 28.2 Å². The second-order valence-electron chi connectivity index (χ2n) is 6.37. The summed E-state index contributed by atoms with van der Waals surface area (Å²) in [4.78, 5) is 36.1. The number of rotatable bonds is 6. The van der Waals surface area contributed by atoms with Crippen molar-refractivity contribution in [1.82, 2.24) is 4.57 Å². The molecule has 3 rings (SSSR count). The Labute approximate surface area is 169 Å². The normalized spacial score (nSPS) is 11.5. The minimum Gasteiger partial charge on any atom is -0.507 e. The SMILES string of the molecule is CCOC(=O)C(=O)/C=C(\O)c1cn(Cc2cc(F)ccc2F)c2ccccc2c1=O. The highest BCUT2D eigenvalue weighted by Crippen LogP contribution is 2.19. The van der Waals surface area contributed by atoms with Crippen LogP contribution in [0, 0.1) is 11.6 Å². The van der Waals surface area contributed by atoms with Crippen LogP contribution in [0.1, 0.15) is 18.1 Å². The van der Waals surface area contributed by atoms with Crippen LogP contribution < -0.4 is 5.43 Å². The van der Waals surface area contributed by atoms with E-state index in [0.717, 1.165) is 18.2 Å². The lowest BCUT2D eigenvalue weighted by Crippen LogP contribution is -2.18. The molecule has 0 saturated carbocycles. The molecule has 0 unspecified atom stereocenters. The van der Waals surface area contributed by atoms with E-state index in [0.29, 0.717) is 11.6 Å². The van der Waals surface area contributed by atoms with Crippen molar-refractivity contribution in [2.75, 3.05) is 6.61 Å². The van der Waals surface area contributed by atoms with Crippen molar-refractivity contribution >= 4 is 28.4 Å². The maximum Gasteiger partial charge on any atom is 0.379 e. The fourth-order valence-corrected chi connectivity index (χ4v) is 2.97. The maximum absolute atomic E-state index is 14.1. The van der Waals surface area contributed by atoms with E-state index in [-0.39, 0.29) is 29.7 Å². The minimum absolute atomic E-state index is 0.0266. The number of carbonyl (C=O) groups is 2. The molecule has 0 fully saturated rings. The minimum atomic E-state index is -1.17. The number of carbonyl (C=O) groups excluding carboxylic acids is 2. The highest BCUT2D eigenvalue weighted by molar-refractivity contribution is 6.39. The molecule has 2 aromatic carbocycles. The number of hydrogen-bond acceptors (Lipinski definition) is 5. The molecule has 1 heterocycles. The van der Waals surface area contributed by atoms with Crippen molar-refractivity contribution in [1.29, 1.82) is 0 Å². The number of pyridine rings is 1. The summed E-state index contributed by atoms with van der Waals surface area (Å²) >= 11 is 0. The van der Waals surface area contributed by atoms with Gasteiger partial charge in [0.05, 0.1) is 24.2 Å². The van der Waals surface area contributed by atoms with Crippen LogP contribution in [0.2, 0.25) is 0 Å². The topological polar surface area (TPSA) is 85.6 Å². The van der Waals surface area contributed by atoms with Gasteiger partial charge >= 0.3 is 5.97 Å². The second kappa shape index (κ2) is 8.69. The maximum atomic E-state index is 14.1. The number of esters is 1. The van der Waals surface area contributed by atoms with E-state index in [2.05, 4.69) is 4.74 Å². The Hall–Kier alpha value is -3.81. The summed E-state index contributed by atoms with van der Waals surface area (Å²) in [6.45, 7) is 1.35. The largest absolute Gasteiger partial charge is 0.507 e. The number of fused-ring (bicyclic) bond motifs is 1. The Kier molecular flexibility index (Phi) is 6.06. The van der Waals surface area contributed by atoms with E-state index in [1.54, 1.807) is 18.2 Å². The molecule has 30 heavy (non-hydrogen) atoms. The van der Waals surface area contributed by atoms with Gasteiger partial charge in [0, 0.05) is 23.2 Å². The van der Waals surface area contributed by atoms with Gasteiger partial charge in [-0.05, 0) is 37.3 Å². The first-order chi connectivity index (χ1) is 14.3. The van der Waals surface area contributed by atoms with Gasteiger partial charge in [-0.3, -0.25) is 9.59 Å². The summed E-state index contributed by atoms with van der Waals surface area (Å²) in [7, 11) is 0. The molecule has 0 radical (unpaired) electrons. The number of para-hydroxylation sites is 1. The third kappa shape index (κ3) is 4.27. The van der Waals surface area contributed by atoms with Crippen LogP contribution in [0.25, 0.3) is 16.7 Å². The van der Waals surface area contributed by atoms with Gasteiger partial charge in [0.2, 0.25) is 0 Å². The molecule has 1 N–H and O–H groups in total. The van der Waals surface area contributed by atoms with E-state index >= 15 is 0 Å². The van der Waals surface area contributed by atoms with Crippen LogP contribution in [0.15, 0.2) is 59.5 Å². The molecule has 0 aliphatic heterocycles. The van der Waals surface area contributed by atoms with Gasteiger partial charge in [-0.25, -0.2) is 13.6 Å². The third-order valence-corrected chi connectivity index (χ3v) is 4.36. The molecule has 154 valence electrons. The van der Waals surface area contributed by atoms with Crippen LogP contribution in [0.4, 0.5) is 8.78 Å². The first-order valence-electron chi connectivity index (χ1n) is 9.00. The summed E-state index contributed by atoms with van der Waals surface area (Å²) in [5.41, 5.74) is -0.421. The zero-order chi connectivity index (χ0) is 21.8. The van der Waals surface area contributed by atoms with Crippen molar-refractivity contribution in [3.63, 3.8) is 0 Å². The molecule has 0 bridgehead atoms. The molecule has 0 aliphatic carbocycles. The lowest BCUT2D eigenvalue weighted by atomic mass is 10.1. The molecule has 3 aromatic rings. The summed E-state index contributed by atoms with van der Waals surface area (Å²) in [6.07, 6.45) is 1.82. The van der Waals surface area contributed by atoms with Crippen molar-refractivity contribution in [3.05, 3.63) is 87.7 Å². The average Bonchev–Trinajstić information content (AvgIpc) is 2.72. The van der Waals surface area contributed by atoms with Gasteiger partial charge in [-0.15, -0.1) is 0 Å². The Morgan fingerprint density at radius 1 is 1.17 bits per heavy atom. The molecule has 6 nitrogen and oxygen atoms in total. The zero-order valence-electron chi connectivity index (χ0n) is 15.9. The van der Waals surface area contributed by atoms with Gasteiger partial charge < -0.3 is 14.4 Å². The van der Waals surface area contributed by atoms with Gasteiger partial charge in [0.1, 0.15) is 17.4 Å². The van der Waals surface area contributed by atoms with Gasteiger partial charge in [-0.2, -0.15) is 0 Å². The quantitative estimate of drug-likeness (QED) is 0.290. The fraction of sp³-hybridized carbons (Fsp3) is 0.136. The standard InChI is InChI=1S/C22H17F2NO5/c1-2-30-22(29)20(27)10-19(26)16-12-25(11-13-9-14(23)7-8-17(13)24)18-6-4-3-5-15(18)21(16)28/h3-10,12,26H,2,11H2,1H3/b19-10-. The number of halogens is 2. The molecule has 0 atom stereocenters. The van der Waals surface area contributed by atoms with E-state index in [4.69, 9.17) is 0 Å². The number of aliphatic hydroxyl groups is 1. The second-order valence-corrected chi connectivity index (χ2v) is 6.37. The molecule has 1 aromatic heterocycles. The van der Waals surface area contributed by atoms with Gasteiger partial charge in [0.15, 0.2) is 5.43 Å². The number of nitrogens with zero attached hydrogens (tertiary/aromatic N) is 1. The Balaban J connectivity index is 2.14. The van der Waals surface area contributed by atoms with E-state index in [1.807, 2.05) is 0 Å². The van der Waals surface area contributed by atoms with Crippen LogP contribution in [-0.2, 0) is 20.9 Å². The van der Waals surface area contributed by atoms with Gasteiger partial charge in [0.25, 0.3) is 5.78 Å². The monoisotopic (exact) mass is 413 g/mol. The number of ether oxygens (including phenoxy) is 1. The third-order valence-electron chi connectivity index (χ3n) is 4.36. The summed E-state index contributed by atoms with van der Waals surface area (Å²) < 4.78 is 33.7. The van der Waals surface area contributed by atoms with Crippen molar-refractivity contribution in [3.8, 4) is 0 Å². The van der Waals surface area contributed by atoms with Crippen molar-refractivity contribution in [2.24, 2.45) is 0 Å². The molecular weight excluding hydrogens is 396 g/mol. The Morgan fingerprint density at radius 3 is 2.63 bits per heavy atom. The molecule has 0 spiro atoms. The summed E-state index contributed by atoms with van der Waals surface area (Å²) in [5.74, 6) is -4.31. The van der Waals surface area contributed by atoms with E-state index in [1.165, 1.54) is 23.8 Å². The van der Waals surface area contributed by atoms with Crippen LogP contribution >= 0.6 is 0 Å². The first kappa shape index (κ1) is 20.9. The number of benzene rings is 2. The van der Waals surface area contributed by atoms with Crippen LogP contribution in [0.3, 0.4) is 0 Å². The van der Waals surface area contributed by atoms with E-state index < -0.39 is 34.6 Å². The smallest absolute Gasteiger partial charge is 0.379 e. The summed E-state index contributed by atoms with van der Waals surface area (Å²) in [5, 5.41) is 10.5. The number of ketones is 1. The van der Waals surface area contributed by atoms with Gasteiger partial charge in [-0.1, -0.05) is 12.1 Å². The fourth-order valence-electron chi connectivity index (χ4n) is 2.97. The Bertz CT molecular complexity index is 1230. The molecule has 0 amide bonds. The average molecular weight is 413 g/mol. The molecule has 0 saturated heterocycles. The number of aromatic nitrogens is 1. The molecule has 0 aliphatic rings.